The van der Waals surface area contributed by atoms with Crippen LogP contribution in [-0.2, 0) is 11.3 Å². The van der Waals surface area contributed by atoms with E-state index in [1.54, 1.807) is 21.0 Å². The molecule has 0 aliphatic rings. The van der Waals surface area contributed by atoms with Crippen molar-refractivity contribution in [3.8, 4) is 0 Å². The van der Waals surface area contributed by atoms with Gasteiger partial charge in [0.25, 0.3) is 0 Å². The van der Waals surface area contributed by atoms with E-state index in [-0.39, 0.29) is 30.3 Å². The first-order chi connectivity index (χ1) is 9.81. The standard InChI is InChI=1S/C12H18N4O4S/c1-7-10(11(18)19)21-8(15-7)6-14-12(20)13-5-4-9(17)16(2)3/h4-6H2,1-3H3,(H,18,19)(H2,13,14,20). The molecule has 0 radical (unpaired) electrons. The van der Waals surface area contributed by atoms with Crippen LogP contribution >= 0.6 is 11.3 Å². The van der Waals surface area contributed by atoms with Gasteiger partial charge >= 0.3 is 12.0 Å². The average Bonchev–Trinajstić information content (AvgIpc) is 2.77. The number of aromatic nitrogens is 1. The summed E-state index contributed by atoms with van der Waals surface area (Å²) < 4.78 is 0. The van der Waals surface area contributed by atoms with Crippen molar-refractivity contribution in [1.82, 2.24) is 20.5 Å². The second-order valence-electron chi connectivity index (χ2n) is 4.47. The van der Waals surface area contributed by atoms with Crippen LogP contribution in [0.1, 0.15) is 26.8 Å². The van der Waals surface area contributed by atoms with Gasteiger partial charge in [-0.2, -0.15) is 0 Å². The van der Waals surface area contributed by atoms with Gasteiger partial charge in [0, 0.05) is 27.1 Å². The van der Waals surface area contributed by atoms with Gasteiger partial charge in [0.1, 0.15) is 9.88 Å². The van der Waals surface area contributed by atoms with Crippen LogP contribution in [0, 0.1) is 6.92 Å². The zero-order chi connectivity index (χ0) is 16.0. The molecule has 0 saturated carbocycles. The summed E-state index contributed by atoms with van der Waals surface area (Å²) in [7, 11) is 3.29. The fourth-order valence-corrected chi connectivity index (χ4v) is 2.29. The van der Waals surface area contributed by atoms with Gasteiger partial charge in [-0.3, -0.25) is 4.79 Å². The summed E-state index contributed by atoms with van der Waals surface area (Å²) in [5, 5.41) is 14.5. The molecule has 0 aliphatic carbocycles. The maximum Gasteiger partial charge on any atom is 0.347 e. The van der Waals surface area contributed by atoms with Crippen molar-refractivity contribution in [3.05, 3.63) is 15.6 Å². The van der Waals surface area contributed by atoms with E-state index in [0.717, 1.165) is 11.3 Å². The Morgan fingerprint density at radius 1 is 1.29 bits per heavy atom. The number of carbonyl (C=O) groups is 3. The van der Waals surface area contributed by atoms with Gasteiger partial charge in [-0.1, -0.05) is 0 Å². The zero-order valence-corrected chi connectivity index (χ0v) is 12.9. The lowest BCUT2D eigenvalue weighted by molar-refractivity contribution is -0.128. The second kappa shape index (κ2) is 7.58. The predicted octanol–water partition coefficient (Wildman–Crippen LogP) is 0.427. The predicted molar refractivity (Wildman–Crippen MR) is 77.4 cm³/mol. The Morgan fingerprint density at radius 2 is 1.95 bits per heavy atom. The third kappa shape index (κ3) is 5.38. The lowest BCUT2D eigenvalue weighted by Gasteiger charge is -2.10. The fourth-order valence-electron chi connectivity index (χ4n) is 1.45. The molecule has 0 spiro atoms. The van der Waals surface area contributed by atoms with Gasteiger partial charge in [0.2, 0.25) is 5.91 Å². The van der Waals surface area contributed by atoms with Gasteiger partial charge in [0.15, 0.2) is 0 Å². The van der Waals surface area contributed by atoms with E-state index in [9.17, 15) is 14.4 Å². The minimum atomic E-state index is -1.03. The molecule has 3 amide bonds. The van der Waals surface area contributed by atoms with Crippen LogP contribution < -0.4 is 10.6 Å². The van der Waals surface area contributed by atoms with Crippen molar-refractivity contribution in [2.24, 2.45) is 0 Å². The summed E-state index contributed by atoms with van der Waals surface area (Å²) >= 11 is 1.03. The molecule has 1 rings (SSSR count). The lowest BCUT2D eigenvalue weighted by atomic mass is 10.4. The third-order valence-corrected chi connectivity index (χ3v) is 3.70. The first kappa shape index (κ1) is 16.9. The Bertz CT molecular complexity index is 541. The molecule has 9 heteroatoms. The molecule has 1 aromatic rings. The minimum Gasteiger partial charge on any atom is -0.477 e. The quantitative estimate of drug-likeness (QED) is 0.705. The number of aryl methyl sites for hydroxylation is 1. The van der Waals surface area contributed by atoms with E-state index in [1.807, 2.05) is 0 Å². The highest BCUT2D eigenvalue weighted by Gasteiger charge is 2.14. The van der Waals surface area contributed by atoms with E-state index in [0.29, 0.717) is 10.7 Å². The maximum atomic E-state index is 11.5. The molecule has 1 aromatic heterocycles. The van der Waals surface area contributed by atoms with E-state index < -0.39 is 12.0 Å². The van der Waals surface area contributed by atoms with Gasteiger partial charge in [-0.05, 0) is 6.92 Å². The lowest BCUT2D eigenvalue weighted by Crippen LogP contribution is -2.37. The number of aromatic carboxylic acids is 1. The van der Waals surface area contributed by atoms with Crippen molar-refractivity contribution < 1.29 is 19.5 Å². The summed E-state index contributed by atoms with van der Waals surface area (Å²) in [4.78, 5) is 39.4. The highest BCUT2D eigenvalue weighted by molar-refractivity contribution is 7.13. The molecule has 0 fully saturated rings. The number of nitrogens with zero attached hydrogens (tertiary/aromatic N) is 2. The Kier molecular flexibility index (Phi) is 6.10. The maximum absolute atomic E-state index is 11.5. The molecule has 0 aromatic carbocycles. The van der Waals surface area contributed by atoms with Crippen molar-refractivity contribution >= 4 is 29.2 Å². The Morgan fingerprint density at radius 3 is 2.48 bits per heavy atom. The van der Waals surface area contributed by atoms with Crippen molar-refractivity contribution in [3.63, 3.8) is 0 Å². The molecule has 116 valence electrons. The molecule has 21 heavy (non-hydrogen) atoms. The number of urea groups is 1. The van der Waals surface area contributed by atoms with Crippen LogP contribution in [0.2, 0.25) is 0 Å². The summed E-state index contributed by atoms with van der Waals surface area (Å²) in [6, 6.07) is -0.425. The number of carbonyl (C=O) groups excluding carboxylic acids is 2. The molecule has 0 atom stereocenters. The average molecular weight is 314 g/mol. The Hall–Kier alpha value is -2.16. The van der Waals surface area contributed by atoms with Gasteiger partial charge < -0.3 is 20.6 Å². The first-order valence-electron chi connectivity index (χ1n) is 6.22. The monoisotopic (exact) mass is 314 g/mol. The zero-order valence-electron chi connectivity index (χ0n) is 12.1. The molecular formula is C12H18N4O4S. The van der Waals surface area contributed by atoms with Crippen LogP contribution in [-0.4, -0.2) is 53.5 Å². The van der Waals surface area contributed by atoms with Crippen LogP contribution in [0.15, 0.2) is 0 Å². The summed E-state index contributed by atoms with van der Waals surface area (Å²) in [5.41, 5.74) is 0.432. The molecule has 0 unspecified atom stereocenters. The van der Waals surface area contributed by atoms with E-state index >= 15 is 0 Å². The number of carboxylic acids is 1. The molecule has 0 saturated heterocycles. The highest BCUT2D eigenvalue weighted by atomic mass is 32.1. The Balaban J connectivity index is 2.35. The summed E-state index contributed by atoms with van der Waals surface area (Å²) in [6.45, 7) is 1.99. The molecule has 0 bridgehead atoms. The van der Waals surface area contributed by atoms with Crippen molar-refractivity contribution in [1.29, 1.82) is 0 Å². The molecular weight excluding hydrogens is 296 g/mol. The van der Waals surface area contributed by atoms with Gasteiger partial charge in [-0.25, -0.2) is 14.6 Å². The summed E-state index contributed by atoms with van der Waals surface area (Å²) in [5.74, 6) is -1.10. The van der Waals surface area contributed by atoms with Crippen LogP contribution in [0.4, 0.5) is 4.79 Å². The molecule has 8 nitrogen and oxygen atoms in total. The van der Waals surface area contributed by atoms with Crippen LogP contribution in [0.25, 0.3) is 0 Å². The first-order valence-corrected chi connectivity index (χ1v) is 7.04. The number of amides is 3. The number of nitrogens with one attached hydrogen (secondary N) is 2. The molecule has 0 aliphatic heterocycles. The normalized spacial score (nSPS) is 10.0. The van der Waals surface area contributed by atoms with Crippen LogP contribution in [0.5, 0.6) is 0 Å². The number of thiazole rings is 1. The van der Waals surface area contributed by atoms with Crippen molar-refractivity contribution in [2.75, 3.05) is 20.6 Å². The second-order valence-corrected chi connectivity index (χ2v) is 5.56. The Labute approximate surface area is 126 Å². The SMILES string of the molecule is Cc1nc(CNC(=O)NCCC(=O)N(C)C)sc1C(=O)O. The van der Waals surface area contributed by atoms with E-state index in [2.05, 4.69) is 15.6 Å². The number of rotatable bonds is 6. The van der Waals surface area contributed by atoms with Gasteiger partial charge in [0.05, 0.1) is 12.2 Å². The van der Waals surface area contributed by atoms with Gasteiger partial charge in [-0.15, -0.1) is 11.3 Å². The molecule has 1 heterocycles. The number of hydrogen-bond donors (Lipinski definition) is 3. The van der Waals surface area contributed by atoms with E-state index in [1.165, 1.54) is 4.90 Å². The molecule has 3 N–H and O–H groups in total. The van der Waals surface area contributed by atoms with Crippen LogP contribution in [0.3, 0.4) is 0 Å². The fraction of sp³-hybridized carbons (Fsp3) is 0.500. The smallest absolute Gasteiger partial charge is 0.347 e. The van der Waals surface area contributed by atoms with E-state index in [4.69, 9.17) is 5.11 Å². The number of hydrogen-bond acceptors (Lipinski definition) is 5. The van der Waals surface area contributed by atoms with Crippen molar-refractivity contribution in [2.45, 2.75) is 19.9 Å². The highest BCUT2D eigenvalue weighted by Crippen LogP contribution is 2.17. The number of carboxylic acid groups (broad SMARTS) is 1. The topological polar surface area (TPSA) is 112 Å². The third-order valence-electron chi connectivity index (χ3n) is 2.56. The minimum absolute atomic E-state index is 0.0723. The largest absolute Gasteiger partial charge is 0.477 e. The summed E-state index contributed by atoms with van der Waals surface area (Å²) in [6.07, 6.45) is 0.222.